The van der Waals surface area contributed by atoms with Crippen LogP contribution in [0.5, 0.6) is 0 Å². The van der Waals surface area contributed by atoms with Gasteiger partial charge >= 0.3 is 0 Å². The monoisotopic (exact) mass is 285 g/mol. The molecule has 2 N–H and O–H groups in total. The summed E-state index contributed by atoms with van der Waals surface area (Å²) in [7, 11) is 1.76. The van der Waals surface area contributed by atoms with Crippen molar-refractivity contribution >= 4 is 0 Å². The number of ether oxygens (including phenoxy) is 1. The standard InChI is InChI=1S/C17H23N3O/c1-10-5-12(3)14(6-11(10)2)16-9-19-17(20-16)15-7-13(21-4)8-18-15/h5-6,9,13,15,18H,7-8H2,1-4H3,(H,19,20). The van der Waals surface area contributed by atoms with Gasteiger partial charge < -0.3 is 15.0 Å². The van der Waals surface area contributed by atoms with Gasteiger partial charge in [0.05, 0.1) is 24.0 Å². The van der Waals surface area contributed by atoms with Crippen molar-refractivity contribution in [1.29, 1.82) is 0 Å². The average Bonchev–Trinajstić information content (AvgIpc) is 3.11. The third-order valence-corrected chi connectivity index (χ3v) is 4.48. The molecule has 2 heterocycles. The third-order valence-electron chi connectivity index (χ3n) is 4.48. The van der Waals surface area contributed by atoms with Crippen molar-refractivity contribution in [1.82, 2.24) is 15.3 Å². The number of nitrogens with one attached hydrogen (secondary N) is 2. The van der Waals surface area contributed by atoms with E-state index in [1.165, 1.54) is 22.3 Å². The molecular formula is C17H23N3O. The van der Waals surface area contributed by atoms with Gasteiger partial charge in [-0.15, -0.1) is 0 Å². The van der Waals surface area contributed by atoms with Crippen molar-refractivity contribution in [2.45, 2.75) is 39.3 Å². The first-order valence-electron chi connectivity index (χ1n) is 7.47. The number of aromatic nitrogens is 2. The van der Waals surface area contributed by atoms with Gasteiger partial charge in [-0.25, -0.2) is 4.98 Å². The molecule has 0 radical (unpaired) electrons. The Balaban J connectivity index is 1.87. The number of benzene rings is 1. The highest BCUT2D eigenvalue weighted by molar-refractivity contribution is 5.65. The van der Waals surface area contributed by atoms with Crippen molar-refractivity contribution < 1.29 is 4.74 Å². The molecule has 4 heteroatoms. The molecule has 2 unspecified atom stereocenters. The first-order valence-corrected chi connectivity index (χ1v) is 7.47. The molecule has 112 valence electrons. The van der Waals surface area contributed by atoms with Crippen LogP contribution < -0.4 is 5.32 Å². The molecular weight excluding hydrogens is 262 g/mol. The zero-order valence-corrected chi connectivity index (χ0v) is 13.2. The molecule has 1 aromatic heterocycles. The smallest absolute Gasteiger partial charge is 0.123 e. The van der Waals surface area contributed by atoms with E-state index in [0.717, 1.165) is 24.5 Å². The molecule has 3 rings (SSSR count). The second-order valence-electron chi connectivity index (χ2n) is 5.99. The van der Waals surface area contributed by atoms with Crippen molar-refractivity contribution in [2.24, 2.45) is 0 Å². The Kier molecular flexibility index (Phi) is 3.83. The van der Waals surface area contributed by atoms with Crippen LogP contribution in [0.4, 0.5) is 0 Å². The van der Waals surface area contributed by atoms with Crippen LogP contribution in [0.1, 0.15) is 35.0 Å². The van der Waals surface area contributed by atoms with Crippen molar-refractivity contribution in [3.63, 3.8) is 0 Å². The molecule has 4 nitrogen and oxygen atoms in total. The molecule has 2 aromatic rings. The van der Waals surface area contributed by atoms with E-state index in [0.29, 0.717) is 0 Å². The average molecular weight is 285 g/mol. The van der Waals surface area contributed by atoms with Gasteiger partial charge in [-0.2, -0.15) is 0 Å². The van der Waals surface area contributed by atoms with E-state index in [2.05, 4.69) is 48.2 Å². The summed E-state index contributed by atoms with van der Waals surface area (Å²) in [6, 6.07) is 4.73. The number of imidazole rings is 1. The summed E-state index contributed by atoms with van der Waals surface area (Å²) in [6.45, 7) is 7.34. The quantitative estimate of drug-likeness (QED) is 0.911. The molecule has 1 aromatic carbocycles. The Labute approximate surface area is 125 Å². The first kappa shape index (κ1) is 14.3. The largest absolute Gasteiger partial charge is 0.380 e. The Morgan fingerprint density at radius 2 is 1.90 bits per heavy atom. The highest BCUT2D eigenvalue weighted by Crippen LogP contribution is 2.28. The molecule has 0 spiro atoms. The van der Waals surface area contributed by atoms with Gasteiger partial charge in [-0.05, 0) is 49.9 Å². The van der Waals surface area contributed by atoms with Crippen LogP contribution in [0, 0.1) is 20.8 Å². The maximum atomic E-state index is 5.40. The molecule has 1 aliphatic heterocycles. The highest BCUT2D eigenvalue weighted by atomic mass is 16.5. The van der Waals surface area contributed by atoms with E-state index >= 15 is 0 Å². The molecule has 2 atom stereocenters. The van der Waals surface area contributed by atoms with Gasteiger partial charge in [0, 0.05) is 19.2 Å². The normalized spacial score (nSPS) is 21.9. The minimum atomic E-state index is 0.260. The number of nitrogens with zero attached hydrogens (tertiary/aromatic N) is 1. The van der Waals surface area contributed by atoms with Crippen molar-refractivity contribution in [3.05, 3.63) is 40.8 Å². The second kappa shape index (κ2) is 5.62. The maximum absolute atomic E-state index is 5.40. The van der Waals surface area contributed by atoms with Crippen LogP contribution in [0.3, 0.4) is 0 Å². The molecule has 1 saturated heterocycles. The fourth-order valence-corrected chi connectivity index (χ4v) is 2.99. The summed E-state index contributed by atoms with van der Waals surface area (Å²) in [5.41, 5.74) is 6.25. The van der Waals surface area contributed by atoms with Gasteiger partial charge in [0.2, 0.25) is 0 Å². The zero-order chi connectivity index (χ0) is 15.0. The van der Waals surface area contributed by atoms with Crippen LogP contribution in [0.2, 0.25) is 0 Å². The fourth-order valence-electron chi connectivity index (χ4n) is 2.99. The number of H-pyrrole nitrogens is 1. The van der Waals surface area contributed by atoms with E-state index in [1.807, 2.05) is 6.20 Å². The van der Waals surface area contributed by atoms with Crippen LogP contribution in [-0.4, -0.2) is 29.7 Å². The van der Waals surface area contributed by atoms with Crippen LogP contribution in [-0.2, 0) is 4.74 Å². The van der Waals surface area contributed by atoms with E-state index in [4.69, 9.17) is 4.74 Å². The summed E-state index contributed by atoms with van der Waals surface area (Å²) < 4.78 is 5.40. The van der Waals surface area contributed by atoms with Crippen molar-refractivity contribution in [3.8, 4) is 11.3 Å². The molecule has 0 saturated carbocycles. The predicted molar refractivity (Wildman–Crippen MR) is 84.4 cm³/mol. The van der Waals surface area contributed by atoms with Gasteiger partial charge in [0.15, 0.2) is 0 Å². The minimum absolute atomic E-state index is 0.260. The van der Waals surface area contributed by atoms with E-state index in [-0.39, 0.29) is 12.1 Å². The highest BCUT2D eigenvalue weighted by Gasteiger charge is 2.27. The van der Waals surface area contributed by atoms with Gasteiger partial charge in [0.1, 0.15) is 5.82 Å². The number of methoxy groups -OCH3 is 1. The predicted octanol–water partition coefficient (Wildman–Crippen LogP) is 3.05. The Morgan fingerprint density at radius 1 is 1.14 bits per heavy atom. The lowest BCUT2D eigenvalue weighted by atomic mass is 9.99. The Morgan fingerprint density at radius 3 is 2.62 bits per heavy atom. The lowest BCUT2D eigenvalue weighted by Crippen LogP contribution is -2.16. The van der Waals surface area contributed by atoms with Gasteiger partial charge in [-0.3, -0.25) is 0 Å². The van der Waals surface area contributed by atoms with E-state index < -0.39 is 0 Å². The number of aromatic amines is 1. The lowest BCUT2D eigenvalue weighted by Gasteiger charge is -2.09. The Hall–Kier alpha value is -1.65. The topological polar surface area (TPSA) is 49.9 Å². The number of hydrogen-bond acceptors (Lipinski definition) is 3. The van der Waals surface area contributed by atoms with Crippen molar-refractivity contribution in [2.75, 3.05) is 13.7 Å². The van der Waals surface area contributed by atoms with Crippen LogP contribution in [0.25, 0.3) is 11.3 Å². The molecule has 0 aliphatic carbocycles. The maximum Gasteiger partial charge on any atom is 0.123 e. The van der Waals surface area contributed by atoms with Gasteiger partial charge in [-0.1, -0.05) is 6.07 Å². The number of rotatable bonds is 3. The summed E-state index contributed by atoms with van der Waals surface area (Å²) in [5, 5.41) is 3.46. The summed E-state index contributed by atoms with van der Waals surface area (Å²) in [4.78, 5) is 8.04. The Bertz CT molecular complexity index is 647. The molecule has 21 heavy (non-hydrogen) atoms. The molecule has 1 aliphatic rings. The zero-order valence-electron chi connectivity index (χ0n) is 13.2. The molecule has 1 fully saturated rings. The SMILES string of the molecule is COC1CNC(c2ncc(-c3cc(C)c(C)cc3C)[nH]2)C1. The summed E-state index contributed by atoms with van der Waals surface area (Å²) >= 11 is 0. The van der Waals surface area contributed by atoms with E-state index in [9.17, 15) is 0 Å². The van der Waals surface area contributed by atoms with E-state index in [1.54, 1.807) is 7.11 Å². The molecule has 0 bridgehead atoms. The van der Waals surface area contributed by atoms with Crippen LogP contribution >= 0.6 is 0 Å². The molecule has 0 amide bonds. The number of aryl methyl sites for hydroxylation is 3. The first-order chi connectivity index (χ1) is 10.1. The number of hydrogen-bond donors (Lipinski definition) is 2. The van der Waals surface area contributed by atoms with Crippen LogP contribution in [0.15, 0.2) is 18.3 Å². The minimum Gasteiger partial charge on any atom is -0.380 e. The second-order valence-corrected chi connectivity index (χ2v) is 5.99. The summed E-state index contributed by atoms with van der Waals surface area (Å²) in [6.07, 6.45) is 3.19. The summed E-state index contributed by atoms with van der Waals surface area (Å²) in [5.74, 6) is 1.00. The van der Waals surface area contributed by atoms with Gasteiger partial charge in [0.25, 0.3) is 0 Å². The third kappa shape index (κ3) is 2.74. The fraction of sp³-hybridized carbons (Fsp3) is 0.471. The lowest BCUT2D eigenvalue weighted by molar-refractivity contribution is 0.117.